The van der Waals surface area contributed by atoms with E-state index in [9.17, 15) is 4.79 Å². The van der Waals surface area contributed by atoms with Crippen molar-refractivity contribution >= 4 is 5.78 Å². The first-order chi connectivity index (χ1) is 5.34. The predicted molar refractivity (Wildman–Crippen MR) is 44.2 cm³/mol. The molecule has 1 heteroatoms. The number of rotatable bonds is 3. The molecule has 2 unspecified atom stereocenters. The molecule has 2 aliphatic rings. The van der Waals surface area contributed by atoms with Gasteiger partial charge in [-0.25, -0.2) is 0 Å². The second-order valence-electron chi connectivity index (χ2n) is 4.00. The summed E-state index contributed by atoms with van der Waals surface area (Å²) in [4.78, 5) is 11.4. The van der Waals surface area contributed by atoms with Crippen LogP contribution in [-0.4, -0.2) is 5.78 Å². The van der Waals surface area contributed by atoms with Gasteiger partial charge in [-0.05, 0) is 31.1 Å². The SMILES string of the molecule is CCCC(=O)C1C2CCCC21. The van der Waals surface area contributed by atoms with Gasteiger partial charge in [-0.2, -0.15) is 0 Å². The van der Waals surface area contributed by atoms with Crippen molar-refractivity contribution in [2.75, 3.05) is 0 Å². The molecule has 0 bridgehead atoms. The molecular formula is C10H16O. The number of hydrogen-bond acceptors (Lipinski definition) is 1. The van der Waals surface area contributed by atoms with Crippen LogP contribution in [0.15, 0.2) is 0 Å². The molecule has 0 radical (unpaired) electrons. The topological polar surface area (TPSA) is 17.1 Å². The van der Waals surface area contributed by atoms with Crippen molar-refractivity contribution in [1.82, 2.24) is 0 Å². The van der Waals surface area contributed by atoms with E-state index in [2.05, 4.69) is 6.92 Å². The van der Waals surface area contributed by atoms with Crippen LogP contribution in [0.25, 0.3) is 0 Å². The fourth-order valence-electron chi connectivity index (χ4n) is 2.71. The van der Waals surface area contributed by atoms with Gasteiger partial charge in [-0.3, -0.25) is 4.79 Å². The molecule has 2 atom stereocenters. The molecule has 0 aliphatic heterocycles. The second-order valence-corrected chi connectivity index (χ2v) is 4.00. The first kappa shape index (κ1) is 7.33. The molecule has 0 aromatic carbocycles. The fraction of sp³-hybridized carbons (Fsp3) is 0.900. The lowest BCUT2D eigenvalue weighted by molar-refractivity contribution is -0.121. The summed E-state index contributed by atoms with van der Waals surface area (Å²) in [6.07, 6.45) is 5.92. The summed E-state index contributed by atoms with van der Waals surface area (Å²) in [5.74, 6) is 2.73. The van der Waals surface area contributed by atoms with Crippen LogP contribution in [0.5, 0.6) is 0 Å². The van der Waals surface area contributed by atoms with Crippen LogP contribution in [0, 0.1) is 17.8 Å². The highest BCUT2D eigenvalue weighted by Gasteiger charge is 2.55. The van der Waals surface area contributed by atoms with Crippen LogP contribution >= 0.6 is 0 Å². The van der Waals surface area contributed by atoms with E-state index in [1.54, 1.807) is 0 Å². The van der Waals surface area contributed by atoms with E-state index in [4.69, 9.17) is 0 Å². The molecule has 2 rings (SSSR count). The Hall–Kier alpha value is -0.330. The smallest absolute Gasteiger partial charge is 0.136 e. The van der Waals surface area contributed by atoms with Gasteiger partial charge in [0.05, 0.1) is 0 Å². The zero-order valence-electron chi connectivity index (χ0n) is 7.18. The summed E-state index contributed by atoms with van der Waals surface area (Å²) in [6, 6.07) is 0. The Morgan fingerprint density at radius 2 is 2.00 bits per heavy atom. The van der Waals surface area contributed by atoms with Crippen molar-refractivity contribution in [2.45, 2.75) is 39.0 Å². The monoisotopic (exact) mass is 152 g/mol. The minimum Gasteiger partial charge on any atom is -0.299 e. The van der Waals surface area contributed by atoms with E-state index in [-0.39, 0.29) is 0 Å². The molecular weight excluding hydrogens is 136 g/mol. The standard InChI is InChI=1S/C10H16O/c1-2-4-9(11)10-7-5-3-6-8(7)10/h7-8,10H,2-6H2,1H3. The van der Waals surface area contributed by atoms with Crippen molar-refractivity contribution < 1.29 is 4.79 Å². The first-order valence-corrected chi connectivity index (χ1v) is 4.87. The van der Waals surface area contributed by atoms with Gasteiger partial charge in [0.1, 0.15) is 5.78 Å². The van der Waals surface area contributed by atoms with Crippen molar-refractivity contribution in [3.05, 3.63) is 0 Å². The lowest BCUT2D eigenvalue weighted by Crippen LogP contribution is -2.04. The summed E-state index contributed by atoms with van der Waals surface area (Å²) >= 11 is 0. The van der Waals surface area contributed by atoms with Crippen molar-refractivity contribution in [3.63, 3.8) is 0 Å². The minimum absolute atomic E-state index is 0.517. The molecule has 0 aromatic heterocycles. The van der Waals surface area contributed by atoms with Crippen LogP contribution in [0.3, 0.4) is 0 Å². The molecule has 11 heavy (non-hydrogen) atoms. The van der Waals surface area contributed by atoms with E-state index in [0.29, 0.717) is 11.7 Å². The lowest BCUT2D eigenvalue weighted by atomic mass is 10.0. The van der Waals surface area contributed by atoms with E-state index >= 15 is 0 Å². The minimum atomic E-state index is 0.517. The third-order valence-corrected chi connectivity index (χ3v) is 3.27. The number of Topliss-reactive ketones (excluding diaryl/α,β-unsaturated/α-hetero) is 1. The Balaban J connectivity index is 1.85. The second kappa shape index (κ2) is 2.62. The maximum absolute atomic E-state index is 11.4. The Labute approximate surface area is 68.2 Å². The molecule has 0 spiro atoms. The normalized spacial score (nSPS) is 40.3. The van der Waals surface area contributed by atoms with Gasteiger partial charge in [0.25, 0.3) is 0 Å². The number of ketones is 1. The van der Waals surface area contributed by atoms with Gasteiger partial charge in [0, 0.05) is 12.3 Å². The number of fused-ring (bicyclic) bond motifs is 1. The molecule has 2 saturated carbocycles. The summed E-state index contributed by atoms with van der Waals surface area (Å²) in [5, 5.41) is 0. The maximum atomic E-state index is 11.4. The van der Waals surface area contributed by atoms with Crippen molar-refractivity contribution in [3.8, 4) is 0 Å². The highest BCUT2D eigenvalue weighted by atomic mass is 16.1. The van der Waals surface area contributed by atoms with Gasteiger partial charge in [0.2, 0.25) is 0 Å². The van der Waals surface area contributed by atoms with Gasteiger partial charge in [-0.15, -0.1) is 0 Å². The average molecular weight is 152 g/mol. The molecule has 0 saturated heterocycles. The van der Waals surface area contributed by atoms with Gasteiger partial charge < -0.3 is 0 Å². The highest BCUT2D eigenvalue weighted by Crippen LogP contribution is 2.58. The van der Waals surface area contributed by atoms with Crippen molar-refractivity contribution in [2.24, 2.45) is 17.8 Å². The molecule has 0 heterocycles. The van der Waals surface area contributed by atoms with E-state index in [1.807, 2.05) is 0 Å². The third kappa shape index (κ3) is 1.11. The van der Waals surface area contributed by atoms with Crippen LogP contribution in [0.4, 0.5) is 0 Å². The zero-order chi connectivity index (χ0) is 7.84. The average Bonchev–Trinajstić information content (AvgIpc) is 2.47. The van der Waals surface area contributed by atoms with E-state index in [1.165, 1.54) is 19.3 Å². The number of carbonyl (C=O) groups is 1. The van der Waals surface area contributed by atoms with Crippen LogP contribution < -0.4 is 0 Å². The molecule has 0 N–H and O–H groups in total. The first-order valence-electron chi connectivity index (χ1n) is 4.87. The Bertz CT molecular complexity index is 164. The fourth-order valence-corrected chi connectivity index (χ4v) is 2.71. The molecule has 0 aromatic rings. The van der Waals surface area contributed by atoms with E-state index < -0.39 is 0 Å². The summed E-state index contributed by atoms with van der Waals surface area (Å²) in [6.45, 7) is 2.09. The van der Waals surface area contributed by atoms with E-state index in [0.717, 1.165) is 24.7 Å². The van der Waals surface area contributed by atoms with Gasteiger partial charge >= 0.3 is 0 Å². The Morgan fingerprint density at radius 1 is 1.36 bits per heavy atom. The highest BCUT2D eigenvalue weighted by molar-refractivity contribution is 5.84. The molecule has 2 aliphatic carbocycles. The van der Waals surface area contributed by atoms with Gasteiger partial charge in [0.15, 0.2) is 0 Å². The zero-order valence-corrected chi connectivity index (χ0v) is 7.18. The molecule has 1 nitrogen and oxygen atoms in total. The van der Waals surface area contributed by atoms with Crippen LogP contribution in [0.2, 0.25) is 0 Å². The van der Waals surface area contributed by atoms with Gasteiger partial charge in [-0.1, -0.05) is 13.3 Å². The van der Waals surface area contributed by atoms with Crippen LogP contribution in [0.1, 0.15) is 39.0 Å². The quantitative estimate of drug-likeness (QED) is 0.607. The summed E-state index contributed by atoms with van der Waals surface area (Å²) in [7, 11) is 0. The lowest BCUT2D eigenvalue weighted by Gasteiger charge is -1.99. The summed E-state index contributed by atoms with van der Waals surface area (Å²) in [5.41, 5.74) is 0. The molecule has 62 valence electrons. The molecule has 2 fully saturated rings. The van der Waals surface area contributed by atoms with Crippen LogP contribution in [-0.2, 0) is 4.79 Å². The molecule has 0 amide bonds. The summed E-state index contributed by atoms with van der Waals surface area (Å²) < 4.78 is 0. The number of carbonyl (C=O) groups excluding carboxylic acids is 1. The Kier molecular flexibility index (Phi) is 1.74. The maximum Gasteiger partial charge on any atom is 0.136 e. The Morgan fingerprint density at radius 3 is 2.55 bits per heavy atom. The predicted octanol–water partition coefficient (Wildman–Crippen LogP) is 2.40. The number of hydrogen-bond donors (Lipinski definition) is 0. The largest absolute Gasteiger partial charge is 0.299 e. The van der Waals surface area contributed by atoms with Crippen molar-refractivity contribution in [1.29, 1.82) is 0 Å². The third-order valence-electron chi connectivity index (χ3n) is 3.27.